The molecule has 0 aliphatic carbocycles. The monoisotopic (exact) mass is 639 g/mol. The van der Waals surface area contributed by atoms with Crippen molar-refractivity contribution >= 4 is 23.9 Å². The zero-order valence-electron chi connectivity index (χ0n) is 28.6. The van der Waals surface area contributed by atoms with Crippen LogP contribution in [0.25, 0.3) is 0 Å². The van der Waals surface area contributed by atoms with Crippen LogP contribution in [0.2, 0.25) is 0 Å². The Balaban J connectivity index is 2.57. The number of phenolic OH excluding ortho intramolecular Hbond substituents is 1. The zero-order valence-corrected chi connectivity index (χ0v) is 28.6. The quantitative estimate of drug-likeness (QED) is 0.142. The van der Waals surface area contributed by atoms with Crippen LogP contribution in [0.1, 0.15) is 101 Å². The molecule has 254 valence electrons. The van der Waals surface area contributed by atoms with Gasteiger partial charge >= 0.3 is 12.1 Å². The minimum atomic E-state index is -1.07. The maximum Gasteiger partial charge on any atom is 0.408 e. The lowest BCUT2D eigenvalue weighted by Gasteiger charge is -2.35. The van der Waals surface area contributed by atoms with Gasteiger partial charge in [-0.15, -0.1) is 0 Å². The summed E-state index contributed by atoms with van der Waals surface area (Å²) < 4.78 is 10.5. The Labute approximate surface area is 274 Å². The maximum atomic E-state index is 14.6. The average Bonchev–Trinajstić information content (AvgIpc) is 2.95. The van der Waals surface area contributed by atoms with E-state index in [0.29, 0.717) is 17.5 Å². The summed E-state index contributed by atoms with van der Waals surface area (Å²) in [4.78, 5) is 55.2. The number of nitrogens with zero attached hydrogens (tertiary/aromatic N) is 1. The summed E-state index contributed by atoms with van der Waals surface area (Å²) in [6, 6.07) is 10.1. The van der Waals surface area contributed by atoms with Crippen LogP contribution in [0, 0.1) is 13.8 Å². The molecule has 0 spiro atoms. The number of phenols is 1. The smallest absolute Gasteiger partial charge is 0.408 e. The molecular weight excluding hydrogens is 586 g/mol. The molecule has 2 aromatic rings. The number of benzene rings is 2. The van der Waals surface area contributed by atoms with E-state index in [1.165, 1.54) is 12.1 Å². The molecular formula is C36H53N3O7. The van der Waals surface area contributed by atoms with Gasteiger partial charge in [0.25, 0.3) is 0 Å². The largest absolute Gasteiger partial charge is 0.508 e. The first-order valence-corrected chi connectivity index (χ1v) is 16.3. The molecule has 0 radical (unpaired) electrons. The Morgan fingerprint density at radius 3 is 2.13 bits per heavy atom. The van der Waals surface area contributed by atoms with Crippen molar-refractivity contribution in [3.63, 3.8) is 0 Å². The molecule has 0 bridgehead atoms. The molecule has 0 fully saturated rings. The van der Waals surface area contributed by atoms with Gasteiger partial charge in [-0.25, -0.2) is 4.79 Å². The first-order chi connectivity index (χ1) is 21.7. The summed E-state index contributed by atoms with van der Waals surface area (Å²) in [6.45, 7) is 13.5. The Morgan fingerprint density at radius 2 is 1.54 bits per heavy atom. The molecule has 3 amide bonds. The van der Waals surface area contributed by atoms with E-state index in [4.69, 9.17) is 9.47 Å². The Morgan fingerprint density at radius 1 is 0.913 bits per heavy atom. The second-order valence-electron chi connectivity index (χ2n) is 12.7. The van der Waals surface area contributed by atoms with Gasteiger partial charge in [0.2, 0.25) is 11.8 Å². The number of esters is 1. The number of rotatable bonds is 17. The van der Waals surface area contributed by atoms with Gasteiger partial charge in [0, 0.05) is 19.5 Å². The highest BCUT2D eigenvalue weighted by Gasteiger charge is 2.36. The number of nitrogens with one attached hydrogen (secondary N) is 2. The van der Waals surface area contributed by atoms with Gasteiger partial charge in [-0.05, 0) is 71.2 Å². The number of alkyl carbamates (subject to hydrolysis) is 1. The van der Waals surface area contributed by atoms with Crippen LogP contribution in [-0.4, -0.2) is 65.2 Å². The summed E-state index contributed by atoms with van der Waals surface area (Å²) in [5.74, 6) is -1.23. The molecule has 0 aromatic heterocycles. The van der Waals surface area contributed by atoms with E-state index >= 15 is 0 Å². The van der Waals surface area contributed by atoms with Crippen LogP contribution >= 0.6 is 0 Å². The van der Waals surface area contributed by atoms with E-state index in [-0.39, 0.29) is 38.3 Å². The Hall–Kier alpha value is -4.08. The van der Waals surface area contributed by atoms with E-state index in [1.54, 1.807) is 44.7 Å². The first kappa shape index (κ1) is 38.1. The van der Waals surface area contributed by atoms with Gasteiger partial charge in [-0.1, -0.05) is 74.1 Å². The lowest BCUT2D eigenvalue weighted by molar-refractivity contribution is -0.144. The van der Waals surface area contributed by atoms with Crippen molar-refractivity contribution in [3.8, 4) is 5.75 Å². The number of aryl methyl sites for hydroxylation is 2. The normalized spacial score (nSPS) is 12.5. The summed E-state index contributed by atoms with van der Waals surface area (Å²) >= 11 is 0. The molecule has 46 heavy (non-hydrogen) atoms. The summed E-state index contributed by atoms with van der Waals surface area (Å²) in [7, 11) is 0. The second kappa shape index (κ2) is 18.8. The lowest BCUT2D eigenvalue weighted by Crippen LogP contribution is -2.54. The molecule has 2 rings (SSSR count). The molecule has 0 aliphatic heterocycles. The molecule has 0 aliphatic rings. The van der Waals surface area contributed by atoms with Crippen molar-refractivity contribution in [3.05, 3.63) is 64.7 Å². The minimum absolute atomic E-state index is 0.00616. The number of carbonyl (C=O) groups is 4. The van der Waals surface area contributed by atoms with Gasteiger partial charge in [0.05, 0.1) is 13.0 Å². The molecule has 10 nitrogen and oxygen atoms in total. The Kier molecular flexibility index (Phi) is 15.6. The van der Waals surface area contributed by atoms with Crippen LogP contribution in [0.4, 0.5) is 4.79 Å². The molecule has 0 heterocycles. The fraction of sp³-hybridized carbons (Fsp3) is 0.556. The molecule has 0 saturated heterocycles. The van der Waals surface area contributed by atoms with Gasteiger partial charge in [-0.3, -0.25) is 14.4 Å². The summed E-state index contributed by atoms with van der Waals surface area (Å²) in [5.41, 5.74) is 2.41. The van der Waals surface area contributed by atoms with Crippen LogP contribution in [0.15, 0.2) is 42.5 Å². The highest BCUT2D eigenvalue weighted by molar-refractivity contribution is 5.92. The van der Waals surface area contributed by atoms with Gasteiger partial charge in [0.15, 0.2) is 0 Å². The summed E-state index contributed by atoms with van der Waals surface area (Å²) in [5, 5.41) is 15.4. The van der Waals surface area contributed by atoms with E-state index < -0.39 is 41.6 Å². The Bertz CT molecular complexity index is 1270. The molecule has 0 saturated carbocycles. The third kappa shape index (κ3) is 13.5. The van der Waals surface area contributed by atoms with E-state index in [2.05, 4.69) is 17.6 Å². The fourth-order valence-corrected chi connectivity index (χ4v) is 5.23. The number of ether oxygens (including phenoxy) is 2. The van der Waals surface area contributed by atoms with Crippen LogP contribution in [-0.2, 0) is 30.3 Å². The second-order valence-corrected chi connectivity index (χ2v) is 12.7. The maximum absolute atomic E-state index is 14.6. The third-order valence-corrected chi connectivity index (χ3v) is 7.20. The predicted molar refractivity (Wildman–Crippen MR) is 178 cm³/mol. The highest BCUT2D eigenvalue weighted by atomic mass is 16.6. The number of unbranched alkanes of at least 4 members (excludes halogenated alkanes) is 4. The highest BCUT2D eigenvalue weighted by Crippen LogP contribution is 2.27. The van der Waals surface area contributed by atoms with Crippen molar-refractivity contribution in [2.45, 2.75) is 111 Å². The number of aromatic hydroxyl groups is 1. The van der Waals surface area contributed by atoms with Crippen LogP contribution in [0.3, 0.4) is 0 Å². The minimum Gasteiger partial charge on any atom is -0.508 e. The number of hydrogen-bond acceptors (Lipinski definition) is 7. The molecule has 10 heteroatoms. The zero-order chi connectivity index (χ0) is 34.3. The molecule has 2 unspecified atom stereocenters. The van der Waals surface area contributed by atoms with Gasteiger partial charge in [0.1, 0.15) is 23.4 Å². The predicted octanol–water partition coefficient (Wildman–Crippen LogP) is 6.05. The molecule has 3 N–H and O–H groups in total. The van der Waals surface area contributed by atoms with Crippen molar-refractivity contribution in [2.75, 3.05) is 19.7 Å². The number of amides is 3. The van der Waals surface area contributed by atoms with Crippen molar-refractivity contribution in [1.29, 1.82) is 0 Å². The molecule has 2 aromatic carbocycles. The number of carbonyl (C=O) groups excluding carboxylic acids is 4. The van der Waals surface area contributed by atoms with E-state index in [0.717, 1.165) is 36.8 Å². The average molecular weight is 640 g/mol. The topological polar surface area (TPSA) is 134 Å². The fourth-order valence-electron chi connectivity index (χ4n) is 5.23. The van der Waals surface area contributed by atoms with Crippen molar-refractivity contribution in [2.24, 2.45) is 0 Å². The first-order valence-electron chi connectivity index (χ1n) is 16.3. The standard InChI is InChI=1S/C36H53N3O7/c1-8-10-11-12-13-20-39(32(28-22-25(3)21-26(4)23-28)33(42)37-19-18-31(41)45-9-2)34(43)30(38-35(44)46-36(5,6)7)24-27-14-16-29(40)17-15-27/h14-17,21-23,30,32,40H,8-13,18-20,24H2,1-7H3,(H,37,42)(H,38,44). The van der Waals surface area contributed by atoms with E-state index in [1.807, 2.05) is 32.0 Å². The lowest BCUT2D eigenvalue weighted by atomic mass is 9.97. The van der Waals surface area contributed by atoms with Gasteiger partial charge in [-0.2, -0.15) is 0 Å². The number of hydrogen-bond donors (Lipinski definition) is 3. The van der Waals surface area contributed by atoms with Crippen molar-refractivity contribution < 1.29 is 33.8 Å². The summed E-state index contributed by atoms with van der Waals surface area (Å²) in [6.07, 6.45) is 3.98. The van der Waals surface area contributed by atoms with Gasteiger partial charge < -0.3 is 30.1 Å². The third-order valence-electron chi connectivity index (χ3n) is 7.20. The van der Waals surface area contributed by atoms with E-state index in [9.17, 15) is 24.3 Å². The van der Waals surface area contributed by atoms with Crippen molar-refractivity contribution in [1.82, 2.24) is 15.5 Å². The van der Waals surface area contributed by atoms with Crippen LogP contribution < -0.4 is 10.6 Å². The SMILES string of the molecule is CCCCCCCN(C(=O)C(Cc1ccc(O)cc1)NC(=O)OC(C)(C)C)C(C(=O)NCCC(=O)OCC)c1cc(C)cc(C)c1. The van der Waals surface area contributed by atoms with Crippen LogP contribution in [0.5, 0.6) is 5.75 Å². The molecule has 2 atom stereocenters.